The lowest BCUT2D eigenvalue weighted by molar-refractivity contribution is -0.142. The van der Waals surface area contributed by atoms with Crippen molar-refractivity contribution in [1.82, 2.24) is 10.2 Å². The number of carbonyl (C=O) groups excluding carboxylic acids is 2. The first kappa shape index (κ1) is 24.1. The van der Waals surface area contributed by atoms with E-state index < -0.39 is 6.04 Å². The van der Waals surface area contributed by atoms with E-state index in [1.54, 1.807) is 11.9 Å². The average molecular weight is 445 g/mol. The summed E-state index contributed by atoms with van der Waals surface area (Å²) in [5.41, 5.74) is 2.99. The minimum atomic E-state index is -0.658. The topological polar surface area (TPSA) is 58.6 Å². The van der Waals surface area contributed by atoms with E-state index in [-0.39, 0.29) is 24.3 Å². The zero-order chi connectivity index (χ0) is 23.6. The van der Waals surface area contributed by atoms with Crippen LogP contribution < -0.4 is 10.1 Å². The van der Waals surface area contributed by atoms with Gasteiger partial charge in [0.25, 0.3) is 5.91 Å². The maximum Gasteiger partial charge on any atom is 0.261 e. The van der Waals surface area contributed by atoms with E-state index in [0.29, 0.717) is 18.7 Å². The summed E-state index contributed by atoms with van der Waals surface area (Å²) < 4.78 is 5.97. The normalized spacial score (nSPS) is 11.6. The Balaban J connectivity index is 1.87. The first-order valence-electron chi connectivity index (χ1n) is 11.3. The van der Waals surface area contributed by atoms with Crippen LogP contribution in [0.3, 0.4) is 0 Å². The van der Waals surface area contributed by atoms with Crippen LogP contribution in [0.4, 0.5) is 0 Å². The number of nitrogens with one attached hydrogen (secondary N) is 1. The highest BCUT2D eigenvalue weighted by atomic mass is 16.5. The molecule has 0 aliphatic heterocycles. The summed E-state index contributed by atoms with van der Waals surface area (Å²) in [6.07, 6.45) is 0.418. The second kappa shape index (κ2) is 11.9. The Labute approximate surface area is 196 Å². The first-order chi connectivity index (χ1) is 16.0. The third-order valence-electron chi connectivity index (χ3n) is 5.61. The van der Waals surface area contributed by atoms with Gasteiger partial charge in [-0.2, -0.15) is 0 Å². The molecule has 3 rings (SSSR count). The largest absolute Gasteiger partial charge is 0.483 e. The second-order valence-electron chi connectivity index (χ2n) is 8.31. The molecule has 3 aromatic carbocycles. The molecule has 0 aliphatic carbocycles. The van der Waals surface area contributed by atoms with Gasteiger partial charge in [-0.25, -0.2) is 0 Å². The van der Waals surface area contributed by atoms with Crippen LogP contribution in [0.15, 0.2) is 84.9 Å². The van der Waals surface area contributed by atoms with E-state index in [0.717, 1.165) is 16.7 Å². The standard InChI is InChI=1S/C28H32N2O3/c1-21(2)24-16-10-11-17-26(24)33-20-27(31)30(19-23-14-8-5-9-15-23)25(28(32)29-3)18-22-12-6-4-7-13-22/h4-17,21,25H,18-20H2,1-3H3,(H,29,32)/t25-/m1/s1. The van der Waals surface area contributed by atoms with Crippen LogP contribution in [0.25, 0.3) is 0 Å². The molecule has 2 amide bonds. The molecule has 0 aromatic heterocycles. The van der Waals surface area contributed by atoms with Crippen LogP contribution >= 0.6 is 0 Å². The van der Waals surface area contributed by atoms with Gasteiger partial charge in [0.15, 0.2) is 6.61 Å². The SMILES string of the molecule is CNC(=O)[C@@H](Cc1ccccc1)N(Cc1ccccc1)C(=O)COc1ccccc1C(C)C. The van der Waals surface area contributed by atoms with Gasteiger partial charge in [0.1, 0.15) is 11.8 Å². The van der Waals surface area contributed by atoms with Gasteiger partial charge in [0.05, 0.1) is 0 Å². The summed E-state index contributed by atoms with van der Waals surface area (Å²) in [5.74, 6) is 0.529. The number of carbonyl (C=O) groups is 2. The van der Waals surface area contributed by atoms with Gasteiger partial charge in [-0.15, -0.1) is 0 Å². The van der Waals surface area contributed by atoms with Gasteiger partial charge < -0.3 is 15.0 Å². The van der Waals surface area contributed by atoms with Crippen molar-refractivity contribution in [1.29, 1.82) is 0 Å². The van der Waals surface area contributed by atoms with Gasteiger partial charge in [0, 0.05) is 20.0 Å². The fourth-order valence-electron chi connectivity index (χ4n) is 3.81. The van der Waals surface area contributed by atoms with Gasteiger partial charge in [-0.05, 0) is 28.7 Å². The molecule has 5 heteroatoms. The van der Waals surface area contributed by atoms with Crippen molar-refractivity contribution in [3.05, 3.63) is 102 Å². The molecule has 3 aromatic rings. The van der Waals surface area contributed by atoms with E-state index in [4.69, 9.17) is 4.74 Å². The van der Waals surface area contributed by atoms with Crippen LogP contribution in [0.5, 0.6) is 5.75 Å². The number of likely N-dealkylation sites (N-methyl/N-ethyl adjacent to an activating group) is 1. The number of para-hydroxylation sites is 1. The molecule has 0 radical (unpaired) electrons. The zero-order valence-corrected chi connectivity index (χ0v) is 19.5. The number of benzene rings is 3. The monoisotopic (exact) mass is 444 g/mol. The fourth-order valence-corrected chi connectivity index (χ4v) is 3.81. The minimum Gasteiger partial charge on any atom is -0.483 e. The van der Waals surface area contributed by atoms with Crippen LogP contribution in [-0.2, 0) is 22.6 Å². The molecule has 0 saturated heterocycles. The Morgan fingerprint density at radius 1 is 0.848 bits per heavy atom. The summed E-state index contributed by atoms with van der Waals surface area (Å²) in [6, 6.07) is 26.5. The molecular formula is C28H32N2O3. The predicted molar refractivity (Wildman–Crippen MR) is 131 cm³/mol. The highest BCUT2D eigenvalue weighted by Crippen LogP contribution is 2.26. The van der Waals surface area contributed by atoms with Gasteiger partial charge >= 0.3 is 0 Å². The zero-order valence-electron chi connectivity index (χ0n) is 19.5. The number of rotatable bonds is 10. The molecule has 0 aliphatic rings. The number of nitrogens with zero attached hydrogens (tertiary/aromatic N) is 1. The van der Waals surface area contributed by atoms with Crippen LogP contribution in [0.2, 0.25) is 0 Å². The van der Waals surface area contributed by atoms with Crippen molar-refractivity contribution in [2.45, 2.75) is 38.8 Å². The van der Waals surface area contributed by atoms with Crippen molar-refractivity contribution in [3.8, 4) is 5.75 Å². The Morgan fingerprint density at radius 2 is 1.42 bits per heavy atom. The highest BCUT2D eigenvalue weighted by Gasteiger charge is 2.30. The van der Waals surface area contributed by atoms with Gasteiger partial charge in [0.2, 0.25) is 5.91 Å². The smallest absolute Gasteiger partial charge is 0.261 e. The number of hydrogen-bond acceptors (Lipinski definition) is 3. The van der Waals surface area contributed by atoms with E-state index in [1.165, 1.54) is 0 Å². The number of hydrogen-bond donors (Lipinski definition) is 1. The lowest BCUT2D eigenvalue weighted by Gasteiger charge is -2.31. The third kappa shape index (κ3) is 6.69. The number of amides is 2. The van der Waals surface area contributed by atoms with Crippen molar-refractivity contribution in [2.75, 3.05) is 13.7 Å². The van der Waals surface area contributed by atoms with Crippen molar-refractivity contribution < 1.29 is 14.3 Å². The molecule has 0 unspecified atom stereocenters. The van der Waals surface area contributed by atoms with E-state index in [2.05, 4.69) is 19.2 Å². The average Bonchev–Trinajstić information content (AvgIpc) is 2.85. The molecule has 1 atom stereocenters. The van der Waals surface area contributed by atoms with Crippen molar-refractivity contribution in [3.63, 3.8) is 0 Å². The van der Waals surface area contributed by atoms with E-state index in [9.17, 15) is 9.59 Å². The van der Waals surface area contributed by atoms with Crippen LogP contribution in [0.1, 0.15) is 36.5 Å². The molecule has 0 fully saturated rings. The van der Waals surface area contributed by atoms with Gasteiger partial charge in [-0.3, -0.25) is 9.59 Å². The van der Waals surface area contributed by atoms with E-state index in [1.807, 2.05) is 84.9 Å². The number of ether oxygens (including phenoxy) is 1. The van der Waals surface area contributed by atoms with Crippen LogP contribution in [-0.4, -0.2) is 36.4 Å². The summed E-state index contributed by atoms with van der Waals surface area (Å²) in [4.78, 5) is 28.0. The Hall–Kier alpha value is -3.60. The molecule has 33 heavy (non-hydrogen) atoms. The molecule has 5 nitrogen and oxygen atoms in total. The van der Waals surface area contributed by atoms with Gasteiger partial charge in [-0.1, -0.05) is 92.7 Å². The maximum absolute atomic E-state index is 13.5. The quantitative estimate of drug-likeness (QED) is 0.498. The molecule has 0 heterocycles. The van der Waals surface area contributed by atoms with Crippen molar-refractivity contribution >= 4 is 11.8 Å². The van der Waals surface area contributed by atoms with E-state index >= 15 is 0 Å². The Kier molecular flexibility index (Phi) is 8.64. The van der Waals surface area contributed by atoms with Crippen LogP contribution in [0, 0.1) is 0 Å². The maximum atomic E-state index is 13.5. The summed E-state index contributed by atoms with van der Waals surface area (Å²) in [6.45, 7) is 4.36. The Morgan fingerprint density at radius 3 is 2.03 bits per heavy atom. The highest BCUT2D eigenvalue weighted by molar-refractivity contribution is 5.88. The fraction of sp³-hybridized carbons (Fsp3) is 0.286. The molecular weight excluding hydrogens is 412 g/mol. The summed E-state index contributed by atoms with van der Waals surface area (Å²) >= 11 is 0. The summed E-state index contributed by atoms with van der Waals surface area (Å²) in [7, 11) is 1.60. The lowest BCUT2D eigenvalue weighted by atomic mass is 10.0. The molecule has 0 saturated carbocycles. The Bertz CT molecular complexity index is 1040. The summed E-state index contributed by atoms with van der Waals surface area (Å²) in [5, 5.41) is 2.73. The lowest BCUT2D eigenvalue weighted by Crippen LogP contribution is -2.51. The molecule has 0 bridgehead atoms. The third-order valence-corrected chi connectivity index (χ3v) is 5.61. The minimum absolute atomic E-state index is 0.140. The molecule has 1 N–H and O–H groups in total. The van der Waals surface area contributed by atoms with Crippen molar-refractivity contribution in [2.24, 2.45) is 0 Å². The second-order valence-corrected chi connectivity index (χ2v) is 8.31. The molecule has 0 spiro atoms. The predicted octanol–water partition coefficient (Wildman–Crippen LogP) is 4.57. The molecule has 172 valence electrons. The first-order valence-corrected chi connectivity index (χ1v) is 11.3.